The molecular weight excluding hydrogens is 370 g/mol. The molecule has 4 heteroatoms. The van der Waals surface area contributed by atoms with E-state index in [0.717, 1.165) is 34.6 Å². The number of carbonyl (C=O) groups excluding carboxylic acids is 1. The SMILES string of the molecule is Cc1cccc(C)c1NC(=O)N1CCn2cccc2[C@@H]1c1ccc(C(C)(C)C)cc1. The Balaban J connectivity index is 1.69. The Bertz CT molecular complexity index is 1040. The van der Waals surface area contributed by atoms with Gasteiger partial charge in [0.1, 0.15) is 0 Å². The smallest absolute Gasteiger partial charge is 0.322 e. The monoisotopic (exact) mass is 401 g/mol. The largest absolute Gasteiger partial charge is 0.348 e. The van der Waals surface area contributed by atoms with Crippen LogP contribution in [0.25, 0.3) is 0 Å². The lowest BCUT2D eigenvalue weighted by Crippen LogP contribution is -2.44. The second kappa shape index (κ2) is 7.67. The highest BCUT2D eigenvalue weighted by atomic mass is 16.2. The molecule has 2 aromatic carbocycles. The highest BCUT2D eigenvalue weighted by Crippen LogP contribution is 2.34. The Morgan fingerprint density at radius 1 is 0.933 bits per heavy atom. The van der Waals surface area contributed by atoms with Crippen LogP contribution in [0.4, 0.5) is 10.5 Å². The van der Waals surface area contributed by atoms with E-state index in [2.05, 4.69) is 73.3 Å². The zero-order valence-electron chi connectivity index (χ0n) is 18.6. The van der Waals surface area contributed by atoms with E-state index in [0.29, 0.717) is 6.54 Å². The number of anilines is 1. The Morgan fingerprint density at radius 2 is 1.60 bits per heavy atom. The molecule has 0 bridgehead atoms. The summed E-state index contributed by atoms with van der Waals surface area (Å²) < 4.78 is 2.26. The number of para-hydroxylation sites is 1. The maximum absolute atomic E-state index is 13.4. The van der Waals surface area contributed by atoms with Crippen molar-refractivity contribution in [3.05, 3.63) is 88.7 Å². The maximum Gasteiger partial charge on any atom is 0.322 e. The highest BCUT2D eigenvalue weighted by molar-refractivity contribution is 5.91. The molecule has 2 heterocycles. The Hall–Kier alpha value is -3.01. The number of urea groups is 1. The van der Waals surface area contributed by atoms with Crippen LogP contribution in [0, 0.1) is 13.8 Å². The van der Waals surface area contributed by atoms with Crippen molar-refractivity contribution in [1.29, 1.82) is 0 Å². The summed E-state index contributed by atoms with van der Waals surface area (Å²) in [4.78, 5) is 15.4. The highest BCUT2D eigenvalue weighted by Gasteiger charge is 2.32. The van der Waals surface area contributed by atoms with Gasteiger partial charge in [-0.25, -0.2) is 4.79 Å². The number of benzene rings is 2. The third kappa shape index (κ3) is 3.74. The van der Waals surface area contributed by atoms with E-state index >= 15 is 0 Å². The predicted octanol–water partition coefficient (Wildman–Crippen LogP) is 6.04. The molecule has 0 saturated carbocycles. The van der Waals surface area contributed by atoms with E-state index in [4.69, 9.17) is 0 Å². The van der Waals surface area contributed by atoms with Gasteiger partial charge < -0.3 is 14.8 Å². The number of aromatic nitrogens is 1. The standard InChI is InChI=1S/C26H31N3O/c1-18-8-6-9-19(2)23(18)27-25(30)29-17-16-28-15-7-10-22(28)24(29)20-11-13-21(14-12-20)26(3,4)5/h6-15,24H,16-17H2,1-5H3,(H,27,30)/t24-/m0/s1. The molecule has 1 aromatic heterocycles. The van der Waals surface area contributed by atoms with E-state index in [9.17, 15) is 4.79 Å². The summed E-state index contributed by atoms with van der Waals surface area (Å²) in [5, 5.41) is 3.18. The summed E-state index contributed by atoms with van der Waals surface area (Å²) in [6, 6.07) is 18.9. The molecule has 1 aliphatic rings. The normalized spacial score (nSPS) is 16.3. The molecule has 0 radical (unpaired) electrons. The molecule has 3 aromatic rings. The third-order valence-corrected chi connectivity index (χ3v) is 6.10. The fourth-order valence-corrected chi connectivity index (χ4v) is 4.31. The van der Waals surface area contributed by atoms with Crippen molar-refractivity contribution in [2.75, 3.05) is 11.9 Å². The van der Waals surface area contributed by atoms with Crippen LogP contribution in [0.3, 0.4) is 0 Å². The molecule has 0 spiro atoms. The lowest BCUT2D eigenvalue weighted by Gasteiger charge is -2.37. The van der Waals surface area contributed by atoms with E-state index in [1.165, 1.54) is 5.56 Å². The first kappa shape index (κ1) is 20.3. The summed E-state index contributed by atoms with van der Waals surface area (Å²) in [5.74, 6) is 0. The summed E-state index contributed by atoms with van der Waals surface area (Å²) in [6.45, 7) is 12.2. The first-order valence-corrected chi connectivity index (χ1v) is 10.6. The molecule has 4 rings (SSSR count). The number of aryl methyl sites for hydroxylation is 2. The van der Waals surface area contributed by atoms with Crippen LogP contribution in [-0.2, 0) is 12.0 Å². The van der Waals surface area contributed by atoms with Gasteiger partial charge in [0.2, 0.25) is 0 Å². The topological polar surface area (TPSA) is 37.3 Å². The van der Waals surface area contributed by atoms with E-state index < -0.39 is 0 Å². The minimum absolute atomic E-state index is 0.0512. The number of fused-ring (bicyclic) bond motifs is 1. The lowest BCUT2D eigenvalue weighted by atomic mass is 9.86. The minimum atomic E-state index is -0.105. The van der Waals surface area contributed by atoms with Crippen molar-refractivity contribution >= 4 is 11.7 Å². The molecule has 0 fully saturated rings. The zero-order valence-corrected chi connectivity index (χ0v) is 18.6. The van der Waals surface area contributed by atoms with Crippen molar-refractivity contribution in [2.24, 2.45) is 0 Å². The summed E-state index contributed by atoms with van der Waals surface area (Å²) in [7, 11) is 0. The lowest BCUT2D eigenvalue weighted by molar-refractivity contribution is 0.182. The molecule has 2 amide bonds. The Kier molecular flexibility index (Phi) is 5.19. The summed E-state index contributed by atoms with van der Waals surface area (Å²) in [5.41, 5.74) is 6.75. The number of nitrogens with one attached hydrogen (secondary N) is 1. The molecule has 156 valence electrons. The second-order valence-electron chi connectivity index (χ2n) is 9.29. The molecule has 0 unspecified atom stereocenters. The second-order valence-corrected chi connectivity index (χ2v) is 9.29. The fourth-order valence-electron chi connectivity index (χ4n) is 4.31. The molecule has 30 heavy (non-hydrogen) atoms. The van der Waals surface area contributed by atoms with Crippen molar-refractivity contribution in [1.82, 2.24) is 9.47 Å². The number of nitrogens with zero attached hydrogens (tertiary/aromatic N) is 2. The first-order valence-electron chi connectivity index (χ1n) is 10.6. The number of carbonyl (C=O) groups is 1. The van der Waals surface area contributed by atoms with Gasteiger partial charge in [0, 0.05) is 30.7 Å². The molecule has 1 aliphatic heterocycles. The van der Waals surface area contributed by atoms with Crippen molar-refractivity contribution < 1.29 is 4.79 Å². The zero-order chi connectivity index (χ0) is 21.5. The average molecular weight is 402 g/mol. The molecule has 1 N–H and O–H groups in total. The minimum Gasteiger partial charge on any atom is -0.348 e. The molecule has 0 aliphatic carbocycles. The van der Waals surface area contributed by atoms with Gasteiger partial charge in [-0.1, -0.05) is 63.2 Å². The van der Waals surface area contributed by atoms with Gasteiger partial charge in [0.15, 0.2) is 0 Å². The summed E-state index contributed by atoms with van der Waals surface area (Å²) >= 11 is 0. The van der Waals surface area contributed by atoms with Crippen molar-refractivity contribution in [3.63, 3.8) is 0 Å². The summed E-state index contributed by atoms with van der Waals surface area (Å²) in [6.07, 6.45) is 2.10. The van der Waals surface area contributed by atoms with Crippen LogP contribution < -0.4 is 5.32 Å². The third-order valence-electron chi connectivity index (χ3n) is 6.10. The number of hydrogen-bond donors (Lipinski definition) is 1. The molecule has 1 atom stereocenters. The molecule has 0 saturated heterocycles. The van der Waals surface area contributed by atoms with Crippen molar-refractivity contribution in [2.45, 2.75) is 52.6 Å². The first-order chi connectivity index (χ1) is 14.3. The van der Waals surface area contributed by atoms with Gasteiger partial charge in [-0.05, 0) is 53.6 Å². The van der Waals surface area contributed by atoms with E-state index in [-0.39, 0.29) is 17.5 Å². The van der Waals surface area contributed by atoms with Crippen molar-refractivity contribution in [3.8, 4) is 0 Å². The van der Waals surface area contributed by atoms with Crippen LogP contribution in [0.2, 0.25) is 0 Å². The van der Waals surface area contributed by atoms with Gasteiger partial charge >= 0.3 is 6.03 Å². The van der Waals surface area contributed by atoms with Crippen LogP contribution in [0.5, 0.6) is 0 Å². The average Bonchev–Trinajstić information content (AvgIpc) is 3.18. The van der Waals surface area contributed by atoms with Crippen LogP contribution in [-0.4, -0.2) is 22.0 Å². The van der Waals surface area contributed by atoms with Crippen LogP contribution in [0.1, 0.15) is 54.8 Å². The van der Waals surface area contributed by atoms with Gasteiger partial charge in [-0.2, -0.15) is 0 Å². The maximum atomic E-state index is 13.4. The number of amides is 2. The number of hydrogen-bond acceptors (Lipinski definition) is 1. The van der Waals surface area contributed by atoms with Crippen LogP contribution in [0.15, 0.2) is 60.8 Å². The number of rotatable bonds is 2. The Morgan fingerprint density at radius 3 is 2.23 bits per heavy atom. The van der Waals surface area contributed by atoms with Gasteiger partial charge in [0.25, 0.3) is 0 Å². The van der Waals surface area contributed by atoms with Gasteiger partial charge in [-0.3, -0.25) is 0 Å². The molecule has 4 nitrogen and oxygen atoms in total. The van der Waals surface area contributed by atoms with Crippen LogP contribution >= 0.6 is 0 Å². The fraction of sp³-hybridized carbons (Fsp3) is 0.346. The Labute approximate surface area is 179 Å². The van der Waals surface area contributed by atoms with Gasteiger partial charge in [-0.15, -0.1) is 0 Å². The van der Waals surface area contributed by atoms with Gasteiger partial charge in [0.05, 0.1) is 6.04 Å². The quantitative estimate of drug-likeness (QED) is 0.558. The van der Waals surface area contributed by atoms with E-state index in [1.54, 1.807) is 0 Å². The molecular formula is C26H31N3O. The van der Waals surface area contributed by atoms with E-state index in [1.807, 2.05) is 36.9 Å². The predicted molar refractivity (Wildman–Crippen MR) is 123 cm³/mol.